The molecule has 38 valence electrons. The van der Waals surface area contributed by atoms with Crippen LogP contribution in [0.4, 0.5) is 0 Å². The summed E-state index contributed by atoms with van der Waals surface area (Å²) in [5.74, 6) is -0.106. The van der Waals surface area contributed by atoms with Gasteiger partial charge in [-0.2, -0.15) is 0 Å². The van der Waals surface area contributed by atoms with Crippen LogP contribution >= 0.6 is 0 Å². The van der Waals surface area contributed by atoms with Crippen molar-refractivity contribution in [3.63, 3.8) is 0 Å². The second kappa shape index (κ2) is 16.8. The molecule has 5 heteroatoms. The molecule has 0 saturated carbocycles. The molecule has 0 aliphatic carbocycles. The third kappa shape index (κ3) is 22.7. The van der Waals surface area contributed by atoms with Gasteiger partial charge < -0.3 is 5.32 Å². The van der Waals surface area contributed by atoms with E-state index >= 15 is 0 Å². The minimum Gasteiger partial charge on any atom is 0 e. The smallest absolute Gasteiger partial charge is 0 e. The molecule has 0 aliphatic heterocycles. The molecular weight excluding hydrogens is 328 g/mol. The largest absolute Gasteiger partial charge is 0 e. The molecule has 0 aromatic carbocycles. The Morgan fingerprint density at radius 2 is 1.75 bits per heavy atom. The average molecular weight is 334 g/mol. The van der Waals surface area contributed by atoms with Gasteiger partial charge in [0.2, 0.25) is 0 Å². The van der Waals surface area contributed by atoms with Crippen LogP contribution in [-0.2, 0) is 25.9 Å². The first kappa shape index (κ1) is 17.5. The van der Waals surface area contributed by atoms with E-state index in [0.29, 0.717) is 0 Å². The van der Waals surface area contributed by atoms with Crippen LogP contribution < -0.4 is 5.32 Å². The van der Waals surface area contributed by atoms with Crippen molar-refractivity contribution >= 4 is 69.1 Å². The zero-order valence-electron chi connectivity index (χ0n) is 5.52. The second-order valence-corrected chi connectivity index (χ2v) is 0.733. The summed E-state index contributed by atoms with van der Waals surface area (Å²) < 4.78 is 0. The van der Waals surface area contributed by atoms with E-state index in [1.807, 2.05) is 0 Å². The number of amides is 1. The van der Waals surface area contributed by atoms with Gasteiger partial charge in [0.15, 0.2) is 5.91 Å². The summed E-state index contributed by atoms with van der Waals surface area (Å²) in [5.41, 5.74) is 0. The van der Waals surface area contributed by atoms with Crippen molar-refractivity contribution in [1.29, 1.82) is 0 Å². The normalized spacial score (nSPS) is 5.25. The molecule has 1 N–H and O–H groups in total. The Kier molecular flexibility index (Phi) is 36.7. The van der Waals surface area contributed by atoms with E-state index in [-0.39, 0.29) is 27.0 Å². The number of hydrogen-bond acceptors (Lipinski definition) is 1. The number of hydrogen-bond donors (Lipinski definition) is 1. The molecular formula is C3H6K2NOW-. The molecule has 0 rings (SSSR count). The zero-order valence-corrected chi connectivity index (χ0v) is 14.7. The first-order chi connectivity index (χ1) is 3.27. The predicted molar refractivity (Wildman–Crippen MR) is 30.7 cm³/mol. The molecule has 0 aromatic rings. The fourth-order valence-electron chi connectivity index (χ4n) is 0. The van der Waals surface area contributed by atoms with Crippen LogP contribution in [0.15, 0.2) is 0 Å². The van der Waals surface area contributed by atoms with Crippen LogP contribution in [0.3, 0.4) is 0 Å². The van der Waals surface area contributed by atoms with E-state index in [2.05, 4.69) is 12.4 Å². The van der Waals surface area contributed by atoms with Crippen molar-refractivity contribution in [1.82, 2.24) is 5.32 Å². The maximum Gasteiger partial charge on any atom is 0 e. The standard InChI is InChI=1S/C3H6NO.2K.W/c1-3(5)4-2;;;/h2H2,1H3,(H,4,5);;;/q-1;;;. The Balaban J connectivity index is -0.0000000750. The maximum absolute atomic E-state index is 9.64. The van der Waals surface area contributed by atoms with Gasteiger partial charge >= 0.3 is 63.2 Å². The Labute approximate surface area is 110 Å². The summed E-state index contributed by atoms with van der Waals surface area (Å²) in [6, 6.07) is 0. The number of nitrogens with one attached hydrogen (secondary N) is 1. The molecule has 0 unspecified atom stereocenters. The molecule has 0 fully saturated rings. The van der Waals surface area contributed by atoms with Gasteiger partial charge in [-0.15, -0.1) is 0 Å². The van der Waals surface area contributed by atoms with E-state index < -0.39 is 0 Å². The minimum atomic E-state index is -0.106. The summed E-state index contributed by atoms with van der Waals surface area (Å²) in [7, 11) is 3.09. The van der Waals surface area contributed by atoms with Crippen LogP contribution in [-0.4, -0.2) is 69.1 Å². The molecule has 0 saturated heterocycles. The summed E-state index contributed by atoms with van der Waals surface area (Å²) in [4.78, 5) is 9.64. The molecule has 0 bridgehead atoms. The van der Waals surface area contributed by atoms with E-state index in [4.69, 9.17) is 0 Å². The number of rotatable bonds is 0. The summed E-state index contributed by atoms with van der Waals surface area (Å²) in [5, 5.41) is 2.14. The van der Waals surface area contributed by atoms with E-state index in [9.17, 15) is 4.79 Å². The summed E-state index contributed by atoms with van der Waals surface area (Å²) in [6.45, 7) is 1.41. The second-order valence-electron chi connectivity index (χ2n) is 0.733. The molecule has 0 aromatic heterocycles. The number of carbonyl (C=O) groups excluding carboxylic acids is 1. The summed E-state index contributed by atoms with van der Waals surface area (Å²) >= 11 is 2.50. The van der Waals surface area contributed by atoms with Crippen LogP contribution in [0, 0.1) is 7.05 Å². The van der Waals surface area contributed by atoms with Crippen molar-refractivity contribution in [2.45, 2.75) is 6.92 Å². The third-order valence-corrected chi connectivity index (χ3v) is 0.249. The van der Waals surface area contributed by atoms with Crippen molar-refractivity contribution in [2.75, 3.05) is 0 Å². The van der Waals surface area contributed by atoms with Crippen LogP contribution in [0.2, 0.25) is 0 Å². The van der Waals surface area contributed by atoms with E-state index in [0.717, 1.165) is 0 Å². The van der Waals surface area contributed by atoms with Crippen molar-refractivity contribution in [2.24, 2.45) is 0 Å². The topological polar surface area (TPSA) is 29.1 Å². The molecule has 0 heterocycles. The van der Waals surface area contributed by atoms with Crippen molar-refractivity contribution in [3.8, 4) is 0 Å². The first-order valence-corrected chi connectivity index (χ1v) is 18.3. The molecule has 0 radical (unpaired) electrons. The monoisotopic (exact) mass is 334 g/mol. The van der Waals surface area contributed by atoms with Crippen molar-refractivity contribution < 1.29 is 25.9 Å². The minimum absolute atomic E-state index is 0. The SMILES string of the molecule is [CH2-]NC(C)=O.[K][K].[W]. The van der Waals surface area contributed by atoms with E-state index in [1.54, 1.807) is 0 Å². The predicted octanol–water partition coefficient (Wildman–Crippen LogP) is -0.850. The molecule has 0 spiro atoms. The van der Waals surface area contributed by atoms with Gasteiger partial charge in [-0.25, -0.2) is 0 Å². The Hall–Kier alpha value is 3.43. The molecule has 0 aliphatic rings. The van der Waals surface area contributed by atoms with Gasteiger partial charge in [0.25, 0.3) is 0 Å². The van der Waals surface area contributed by atoms with Crippen LogP contribution in [0.25, 0.3) is 0 Å². The Morgan fingerprint density at radius 3 is 1.75 bits per heavy atom. The summed E-state index contributed by atoms with van der Waals surface area (Å²) in [6.07, 6.45) is 0. The Bertz CT molecular complexity index is 52.5. The fraction of sp³-hybridized carbons (Fsp3) is 0.333. The Morgan fingerprint density at radius 1 is 1.62 bits per heavy atom. The van der Waals surface area contributed by atoms with E-state index in [1.165, 1.54) is 70.1 Å². The van der Waals surface area contributed by atoms with Crippen LogP contribution in [0.1, 0.15) is 6.92 Å². The molecule has 8 heavy (non-hydrogen) atoms. The van der Waals surface area contributed by atoms with Gasteiger partial charge in [0.1, 0.15) is 0 Å². The molecule has 2 nitrogen and oxygen atoms in total. The average Bonchev–Trinajstić information content (AvgIpc) is 1.73. The van der Waals surface area contributed by atoms with Gasteiger partial charge in [-0.1, -0.05) is 0 Å². The molecule has 0 atom stereocenters. The third-order valence-electron chi connectivity index (χ3n) is 0.249. The van der Waals surface area contributed by atoms with Gasteiger partial charge in [0.05, 0.1) is 0 Å². The van der Waals surface area contributed by atoms with Crippen molar-refractivity contribution in [3.05, 3.63) is 7.05 Å². The maximum atomic E-state index is 9.64. The van der Waals surface area contributed by atoms with Gasteiger partial charge in [0, 0.05) is 28.0 Å². The first-order valence-electron chi connectivity index (χ1n) is 2.31. The fourth-order valence-corrected chi connectivity index (χ4v) is 0. The quantitative estimate of drug-likeness (QED) is 0.454. The van der Waals surface area contributed by atoms with Gasteiger partial charge in [-0.05, 0) is 0 Å². The van der Waals surface area contributed by atoms with Crippen LogP contribution in [0.5, 0.6) is 0 Å². The van der Waals surface area contributed by atoms with Gasteiger partial charge in [-0.3, -0.25) is 11.8 Å². The zero-order chi connectivity index (χ0) is 6.28. The molecule has 1 amide bonds. The number of carbonyl (C=O) groups is 1.